The van der Waals surface area contributed by atoms with Crippen LogP contribution in [0, 0.1) is 0 Å². The summed E-state index contributed by atoms with van der Waals surface area (Å²) in [6.07, 6.45) is 1.67. The molecule has 102 valence electrons. The fourth-order valence-corrected chi connectivity index (χ4v) is 3.26. The molecule has 0 amide bonds. The summed E-state index contributed by atoms with van der Waals surface area (Å²) in [5.74, 6) is 0. The SMILES string of the molecule is CCN(Cc1ccccn1)S(=O)(=O)C(C)CNC. The molecule has 1 N–H and O–H groups in total. The summed E-state index contributed by atoms with van der Waals surface area (Å²) in [5, 5.41) is 2.46. The summed E-state index contributed by atoms with van der Waals surface area (Å²) in [4.78, 5) is 4.16. The monoisotopic (exact) mass is 271 g/mol. The van der Waals surface area contributed by atoms with Gasteiger partial charge < -0.3 is 5.32 Å². The van der Waals surface area contributed by atoms with Gasteiger partial charge in [0.15, 0.2) is 0 Å². The summed E-state index contributed by atoms with van der Waals surface area (Å²) >= 11 is 0. The van der Waals surface area contributed by atoms with Crippen LogP contribution in [0.4, 0.5) is 0 Å². The maximum atomic E-state index is 12.3. The van der Waals surface area contributed by atoms with Gasteiger partial charge in [0.25, 0.3) is 0 Å². The Kier molecular flexibility index (Phi) is 5.71. The molecule has 0 aliphatic carbocycles. The minimum absolute atomic E-state index is 0.327. The van der Waals surface area contributed by atoms with Crippen molar-refractivity contribution in [3.63, 3.8) is 0 Å². The molecule has 18 heavy (non-hydrogen) atoms. The van der Waals surface area contributed by atoms with E-state index in [1.54, 1.807) is 20.2 Å². The molecular weight excluding hydrogens is 250 g/mol. The van der Waals surface area contributed by atoms with Crippen molar-refractivity contribution in [2.75, 3.05) is 20.1 Å². The number of nitrogens with one attached hydrogen (secondary N) is 1. The molecule has 0 spiro atoms. The Morgan fingerprint density at radius 2 is 2.17 bits per heavy atom. The standard InChI is InChI=1S/C12H21N3O2S/c1-4-15(10-12-7-5-6-8-14-12)18(16,17)11(2)9-13-3/h5-8,11,13H,4,9-10H2,1-3H3. The van der Waals surface area contributed by atoms with Gasteiger partial charge in [-0.05, 0) is 26.1 Å². The molecule has 1 aromatic rings. The Hall–Kier alpha value is -0.980. The number of rotatable bonds is 7. The fourth-order valence-electron chi connectivity index (χ4n) is 1.70. The van der Waals surface area contributed by atoms with Crippen LogP contribution in [-0.4, -0.2) is 43.1 Å². The molecule has 5 nitrogen and oxygen atoms in total. The summed E-state index contributed by atoms with van der Waals surface area (Å²) in [6, 6.07) is 5.51. The Morgan fingerprint density at radius 1 is 1.44 bits per heavy atom. The van der Waals surface area contributed by atoms with E-state index in [0.29, 0.717) is 19.6 Å². The van der Waals surface area contributed by atoms with Gasteiger partial charge in [0.05, 0.1) is 17.5 Å². The van der Waals surface area contributed by atoms with Crippen LogP contribution < -0.4 is 5.32 Å². The topological polar surface area (TPSA) is 62.3 Å². The van der Waals surface area contributed by atoms with E-state index in [2.05, 4.69) is 10.3 Å². The molecule has 0 aromatic carbocycles. The molecule has 0 aliphatic heterocycles. The molecule has 6 heteroatoms. The summed E-state index contributed by atoms with van der Waals surface area (Å²) in [6.45, 7) is 4.78. The Bertz CT molecular complexity index is 448. The van der Waals surface area contributed by atoms with Gasteiger partial charge in [-0.1, -0.05) is 13.0 Å². The first-order valence-electron chi connectivity index (χ1n) is 6.05. The van der Waals surface area contributed by atoms with Crippen LogP contribution in [0.25, 0.3) is 0 Å². The van der Waals surface area contributed by atoms with Crippen LogP contribution in [0.2, 0.25) is 0 Å². The van der Waals surface area contributed by atoms with Crippen molar-refractivity contribution < 1.29 is 8.42 Å². The van der Waals surface area contributed by atoms with E-state index in [0.717, 1.165) is 5.69 Å². The third-order valence-corrected chi connectivity index (χ3v) is 5.07. The number of hydrogen-bond acceptors (Lipinski definition) is 4. The van der Waals surface area contributed by atoms with Crippen molar-refractivity contribution in [3.8, 4) is 0 Å². The quantitative estimate of drug-likeness (QED) is 0.798. The van der Waals surface area contributed by atoms with E-state index in [4.69, 9.17) is 0 Å². The highest BCUT2D eigenvalue weighted by Gasteiger charge is 2.27. The van der Waals surface area contributed by atoms with Crippen molar-refractivity contribution in [3.05, 3.63) is 30.1 Å². The fraction of sp³-hybridized carbons (Fsp3) is 0.583. The summed E-state index contributed by atoms with van der Waals surface area (Å²) in [7, 11) is -1.53. The Labute approximate surface area is 109 Å². The first-order chi connectivity index (χ1) is 8.52. The van der Waals surface area contributed by atoms with Crippen molar-refractivity contribution in [2.24, 2.45) is 0 Å². The predicted octanol–water partition coefficient (Wildman–Crippen LogP) is 0.841. The number of pyridine rings is 1. The molecule has 1 aromatic heterocycles. The van der Waals surface area contributed by atoms with Crippen LogP contribution in [0.5, 0.6) is 0 Å². The van der Waals surface area contributed by atoms with E-state index < -0.39 is 15.3 Å². The second kappa shape index (κ2) is 6.82. The Balaban J connectivity index is 2.83. The van der Waals surface area contributed by atoms with E-state index in [9.17, 15) is 8.42 Å². The lowest BCUT2D eigenvalue weighted by molar-refractivity contribution is 0.411. The van der Waals surface area contributed by atoms with Crippen molar-refractivity contribution in [1.82, 2.24) is 14.6 Å². The molecular formula is C12H21N3O2S. The molecule has 1 rings (SSSR count). The van der Waals surface area contributed by atoms with Gasteiger partial charge >= 0.3 is 0 Å². The highest BCUT2D eigenvalue weighted by molar-refractivity contribution is 7.89. The summed E-state index contributed by atoms with van der Waals surface area (Å²) in [5.41, 5.74) is 0.764. The van der Waals surface area contributed by atoms with Gasteiger partial charge in [0, 0.05) is 19.3 Å². The van der Waals surface area contributed by atoms with Crippen LogP contribution in [-0.2, 0) is 16.6 Å². The van der Waals surface area contributed by atoms with Gasteiger partial charge in [-0.25, -0.2) is 8.42 Å². The van der Waals surface area contributed by atoms with Gasteiger partial charge in [0.2, 0.25) is 10.0 Å². The van der Waals surface area contributed by atoms with Gasteiger partial charge in [0.1, 0.15) is 0 Å². The molecule has 0 bridgehead atoms. The minimum atomic E-state index is -3.28. The van der Waals surface area contributed by atoms with Gasteiger partial charge in [-0.3, -0.25) is 4.98 Å². The van der Waals surface area contributed by atoms with Crippen LogP contribution in [0.3, 0.4) is 0 Å². The van der Waals surface area contributed by atoms with Crippen molar-refractivity contribution in [2.45, 2.75) is 25.6 Å². The largest absolute Gasteiger partial charge is 0.318 e. The molecule has 0 saturated carbocycles. The first kappa shape index (κ1) is 15.1. The lowest BCUT2D eigenvalue weighted by Crippen LogP contribution is -2.41. The average molecular weight is 271 g/mol. The second-order valence-electron chi connectivity index (χ2n) is 4.16. The number of aromatic nitrogens is 1. The maximum absolute atomic E-state index is 12.3. The van der Waals surface area contributed by atoms with Crippen molar-refractivity contribution in [1.29, 1.82) is 0 Å². The number of nitrogens with zero attached hydrogens (tertiary/aromatic N) is 2. The van der Waals surface area contributed by atoms with Crippen LogP contribution in [0.15, 0.2) is 24.4 Å². The molecule has 0 fully saturated rings. The van der Waals surface area contributed by atoms with E-state index >= 15 is 0 Å². The highest BCUT2D eigenvalue weighted by atomic mass is 32.2. The second-order valence-corrected chi connectivity index (χ2v) is 6.51. The predicted molar refractivity (Wildman–Crippen MR) is 72.6 cm³/mol. The summed E-state index contributed by atoms with van der Waals surface area (Å²) < 4.78 is 26.1. The molecule has 1 heterocycles. The van der Waals surface area contributed by atoms with Gasteiger partial charge in [-0.2, -0.15) is 4.31 Å². The zero-order valence-electron chi connectivity index (χ0n) is 11.1. The van der Waals surface area contributed by atoms with E-state index in [1.165, 1.54) is 4.31 Å². The normalized spacial score (nSPS) is 13.8. The molecule has 0 radical (unpaired) electrons. The Morgan fingerprint density at radius 3 is 2.67 bits per heavy atom. The molecule has 1 unspecified atom stereocenters. The maximum Gasteiger partial charge on any atom is 0.218 e. The minimum Gasteiger partial charge on any atom is -0.318 e. The van der Waals surface area contributed by atoms with Crippen LogP contribution in [0.1, 0.15) is 19.5 Å². The number of hydrogen-bond donors (Lipinski definition) is 1. The zero-order chi connectivity index (χ0) is 13.6. The molecule has 0 saturated heterocycles. The lowest BCUT2D eigenvalue weighted by atomic mass is 10.3. The lowest BCUT2D eigenvalue weighted by Gasteiger charge is -2.24. The average Bonchev–Trinajstić information content (AvgIpc) is 2.37. The van der Waals surface area contributed by atoms with E-state index in [-0.39, 0.29) is 0 Å². The number of sulfonamides is 1. The van der Waals surface area contributed by atoms with Crippen molar-refractivity contribution >= 4 is 10.0 Å². The highest BCUT2D eigenvalue weighted by Crippen LogP contribution is 2.12. The molecule has 0 aliphatic rings. The first-order valence-corrected chi connectivity index (χ1v) is 7.56. The third-order valence-electron chi connectivity index (χ3n) is 2.78. The molecule has 1 atom stereocenters. The van der Waals surface area contributed by atoms with Gasteiger partial charge in [-0.15, -0.1) is 0 Å². The zero-order valence-corrected chi connectivity index (χ0v) is 11.9. The third kappa shape index (κ3) is 3.76. The van der Waals surface area contributed by atoms with Crippen LogP contribution >= 0.6 is 0 Å². The smallest absolute Gasteiger partial charge is 0.218 e. The van der Waals surface area contributed by atoms with E-state index in [1.807, 2.05) is 25.1 Å².